The van der Waals surface area contributed by atoms with E-state index in [1.54, 1.807) is 7.11 Å². The van der Waals surface area contributed by atoms with Crippen LogP contribution in [-0.2, 0) is 44.5 Å². The molecule has 0 N–H and O–H groups in total. The number of rotatable bonds is 20. The van der Waals surface area contributed by atoms with Gasteiger partial charge in [-0.05, 0) is 38.2 Å². The van der Waals surface area contributed by atoms with Crippen LogP contribution in [-0.4, -0.2) is 60.5 Å². The zero-order valence-electron chi connectivity index (χ0n) is 23.6. The van der Waals surface area contributed by atoms with Crippen LogP contribution in [0.15, 0.2) is 42.5 Å². The van der Waals surface area contributed by atoms with E-state index < -0.39 is 36.2 Å². The first-order valence-corrected chi connectivity index (χ1v) is 14.7. The molecule has 0 aliphatic carbocycles. The predicted molar refractivity (Wildman–Crippen MR) is 152 cm³/mol. The number of ether oxygens (including phenoxy) is 4. The van der Waals surface area contributed by atoms with Crippen LogP contribution in [0.4, 0.5) is 0 Å². The number of carbonyl (C=O) groups excluding carboxylic acids is 4. The van der Waals surface area contributed by atoms with Gasteiger partial charge in [-0.1, -0.05) is 72.3 Å². The lowest BCUT2D eigenvalue weighted by Gasteiger charge is -2.22. The van der Waals surface area contributed by atoms with Crippen molar-refractivity contribution in [2.45, 2.75) is 103 Å². The number of benzene rings is 1. The van der Waals surface area contributed by atoms with E-state index in [1.807, 2.05) is 56.3 Å². The van der Waals surface area contributed by atoms with Gasteiger partial charge in [0.1, 0.15) is 24.1 Å². The summed E-state index contributed by atoms with van der Waals surface area (Å²) in [5, 5.41) is 0.326. The largest absolute Gasteiger partial charge is 0.462 e. The van der Waals surface area contributed by atoms with Gasteiger partial charge in [-0.25, -0.2) is 0 Å². The van der Waals surface area contributed by atoms with Crippen molar-refractivity contribution in [1.29, 1.82) is 0 Å². The average molecular weight is 612 g/mol. The third-order valence-corrected chi connectivity index (χ3v) is 6.67. The minimum Gasteiger partial charge on any atom is -0.462 e. The Morgan fingerprint density at radius 3 is 1.90 bits per heavy atom. The summed E-state index contributed by atoms with van der Waals surface area (Å²) >= 11 is 3.27. The number of hydrogen-bond donors (Lipinski definition) is 0. The van der Waals surface area contributed by atoms with E-state index in [0.717, 1.165) is 12.0 Å². The number of halogens is 1. The molecular weight excluding hydrogens is 568 g/mol. The number of methoxy groups -OCH3 is 1. The summed E-state index contributed by atoms with van der Waals surface area (Å²) in [5.74, 6) is -1.65. The maximum Gasteiger partial charge on any atom is 0.309 e. The first kappa shape index (κ1) is 34.5. The fourth-order valence-electron chi connectivity index (χ4n) is 3.87. The molecule has 0 heterocycles. The number of carbonyl (C=O) groups is 4. The normalized spacial score (nSPS) is 14.3. The lowest BCUT2D eigenvalue weighted by molar-refractivity contribution is -0.161. The SMILES string of the molecule is CCC=CCC(CC(=O)OC(CCc1ccccc1)CC(=O)OC(CBr)CC(C)=O)OC(=O)CC(CC)OC. The van der Waals surface area contributed by atoms with E-state index in [4.69, 9.17) is 18.9 Å². The molecule has 0 bridgehead atoms. The van der Waals surface area contributed by atoms with Crippen molar-refractivity contribution in [3.8, 4) is 0 Å². The first-order valence-electron chi connectivity index (χ1n) is 13.6. The minimum atomic E-state index is -0.737. The van der Waals surface area contributed by atoms with E-state index in [2.05, 4.69) is 15.9 Å². The van der Waals surface area contributed by atoms with Crippen molar-refractivity contribution in [1.82, 2.24) is 0 Å². The molecule has 1 rings (SSSR count). The monoisotopic (exact) mass is 610 g/mol. The van der Waals surface area contributed by atoms with Crippen molar-refractivity contribution in [3.05, 3.63) is 48.0 Å². The summed E-state index contributed by atoms with van der Waals surface area (Å²) < 4.78 is 22.0. The van der Waals surface area contributed by atoms with Gasteiger partial charge in [0.05, 0.1) is 25.4 Å². The van der Waals surface area contributed by atoms with Gasteiger partial charge >= 0.3 is 17.9 Å². The summed E-state index contributed by atoms with van der Waals surface area (Å²) in [7, 11) is 1.54. The van der Waals surface area contributed by atoms with Gasteiger partial charge in [-0.2, -0.15) is 0 Å². The van der Waals surface area contributed by atoms with Crippen LogP contribution >= 0.6 is 15.9 Å². The molecule has 0 radical (unpaired) electrons. The van der Waals surface area contributed by atoms with Crippen molar-refractivity contribution in [2.24, 2.45) is 0 Å². The topological polar surface area (TPSA) is 105 Å². The maximum atomic E-state index is 13.0. The van der Waals surface area contributed by atoms with E-state index in [0.29, 0.717) is 31.0 Å². The fraction of sp³-hybridized carbons (Fsp3) is 0.600. The third kappa shape index (κ3) is 16.2. The second kappa shape index (κ2) is 20.4. The molecule has 0 spiro atoms. The van der Waals surface area contributed by atoms with E-state index >= 15 is 0 Å². The van der Waals surface area contributed by atoms with Gasteiger partial charge in [0.2, 0.25) is 0 Å². The molecule has 0 aliphatic heterocycles. The summed E-state index contributed by atoms with van der Waals surface area (Å²) in [6.45, 7) is 5.34. The Morgan fingerprint density at radius 1 is 0.795 bits per heavy atom. The molecule has 218 valence electrons. The van der Waals surface area contributed by atoms with Crippen LogP contribution in [0.2, 0.25) is 0 Å². The Labute approximate surface area is 240 Å². The Bertz CT molecular complexity index is 897. The van der Waals surface area contributed by atoms with E-state index in [9.17, 15) is 19.2 Å². The minimum absolute atomic E-state index is 0.0900. The molecule has 4 atom stereocenters. The number of alkyl halides is 1. The molecule has 1 aromatic carbocycles. The van der Waals surface area contributed by atoms with Crippen LogP contribution in [0.1, 0.15) is 77.7 Å². The lowest BCUT2D eigenvalue weighted by Crippen LogP contribution is -2.30. The maximum absolute atomic E-state index is 13.0. The molecular formula is C30H43BrO8. The van der Waals surface area contributed by atoms with Crippen molar-refractivity contribution >= 4 is 39.6 Å². The second-order valence-corrected chi connectivity index (χ2v) is 10.1. The quantitative estimate of drug-likeness (QED) is 0.0803. The Balaban J connectivity index is 2.89. The third-order valence-electron chi connectivity index (χ3n) is 5.95. The molecule has 9 heteroatoms. The van der Waals surface area contributed by atoms with Crippen LogP contribution < -0.4 is 0 Å². The highest BCUT2D eigenvalue weighted by Crippen LogP contribution is 2.17. The smallest absolute Gasteiger partial charge is 0.309 e. The summed E-state index contributed by atoms with van der Waals surface area (Å²) in [4.78, 5) is 49.5. The number of hydrogen-bond acceptors (Lipinski definition) is 8. The van der Waals surface area contributed by atoms with Crippen LogP contribution in [0, 0.1) is 0 Å². The number of aryl methyl sites for hydroxylation is 1. The number of ketones is 1. The zero-order chi connectivity index (χ0) is 29.0. The average Bonchev–Trinajstić information content (AvgIpc) is 2.90. The molecule has 0 amide bonds. The highest BCUT2D eigenvalue weighted by Gasteiger charge is 2.25. The highest BCUT2D eigenvalue weighted by molar-refractivity contribution is 9.09. The van der Waals surface area contributed by atoms with Crippen molar-refractivity contribution in [2.75, 3.05) is 12.4 Å². The molecule has 1 aromatic rings. The Morgan fingerprint density at radius 2 is 1.36 bits per heavy atom. The number of allylic oxidation sites excluding steroid dienone is 1. The van der Waals surface area contributed by atoms with Crippen molar-refractivity contribution in [3.63, 3.8) is 0 Å². The van der Waals surface area contributed by atoms with Gasteiger partial charge in [0, 0.05) is 25.3 Å². The lowest BCUT2D eigenvalue weighted by atomic mass is 10.0. The van der Waals surface area contributed by atoms with Crippen molar-refractivity contribution < 1.29 is 38.1 Å². The summed E-state index contributed by atoms with van der Waals surface area (Å²) in [6.07, 6.45) is 4.29. The first-order chi connectivity index (χ1) is 18.7. The van der Waals surface area contributed by atoms with Gasteiger partial charge in [0.25, 0.3) is 0 Å². The van der Waals surface area contributed by atoms with Gasteiger partial charge in [0.15, 0.2) is 0 Å². The molecule has 4 unspecified atom stereocenters. The van der Waals surface area contributed by atoms with E-state index in [1.165, 1.54) is 6.92 Å². The molecule has 0 fully saturated rings. The van der Waals surface area contributed by atoms with Crippen LogP contribution in [0.5, 0.6) is 0 Å². The Kier molecular flexibility index (Phi) is 18.0. The zero-order valence-corrected chi connectivity index (χ0v) is 25.2. The Hall–Kier alpha value is -2.52. The van der Waals surface area contributed by atoms with E-state index in [-0.39, 0.29) is 37.6 Å². The number of esters is 3. The van der Waals surface area contributed by atoms with Gasteiger partial charge in [-0.15, -0.1) is 0 Å². The van der Waals surface area contributed by atoms with Gasteiger partial charge in [-0.3, -0.25) is 19.2 Å². The molecule has 8 nitrogen and oxygen atoms in total. The summed E-state index contributed by atoms with van der Waals surface area (Å²) in [5.41, 5.74) is 1.04. The molecule has 0 saturated carbocycles. The number of Topliss-reactive ketones (excluding diaryl/α,β-unsaturated/α-hetero) is 1. The molecule has 39 heavy (non-hydrogen) atoms. The fourth-order valence-corrected chi connectivity index (χ4v) is 4.23. The summed E-state index contributed by atoms with van der Waals surface area (Å²) in [6, 6.07) is 9.68. The second-order valence-electron chi connectivity index (χ2n) is 9.41. The highest BCUT2D eigenvalue weighted by atomic mass is 79.9. The molecule has 0 saturated heterocycles. The van der Waals surface area contributed by atoms with Crippen LogP contribution in [0.25, 0.3) is 0 Å². The van der Waals surface area contributed by atoms with Crippen LogP contribution in [0.3, 0.4) is 0 Å². The van der Waals surface area contributed by atoms with Gasteiger partial charge < -0.3 is 18.9 Å². The molecule has 0 aliphatic rings. The predicted octanol–water partition coefficient (Wildman–Crippen LogP) is 5.68. The standard InChI is InChI=1S/C30H43BrO8/c1-5-7-9-14-25(37-28(33)18-24(6-2)36-4)19-29(34)38-26(16-15-23-12-10-8-11-13-23)20-30(35)39-27(21-31)17-22(3)32/h7-13,24-27H,5-6,14-21H2,1-4H3. The molecule has 0 aromatic heterocycles.